The standard InChI is InChI=1S/C10H20N2O4/c1-15-10(14)11-9-2-3-12(8-9)4-6-16-7-5-13/h9,13H,2-8H2,1H3,(H,11,14). The summed E-state index contributed by atoms with van der Waals surface area (Å²) in [5.41, 5.74) is 0. The predicted octanol–water partition coefficient (Wildman–Crippen LogP) is -0.574. The number of carbonyl (C=O) groups is 1. The van der Waals surface area contributed by atoms with Gasteiger partial charge in [-0.05, 0) is 6.42 Å². The second kappa shape index (κ2) is 7.43. The highest BCUT2D eigenvalue weighted by Crippen LogP contribution is 2.08. The molecule has 0 saturated carbocycles. The molecule has 0 spiro atoms. The van der Waals surface area contributed by atoms with Gasteiger partial charge in [-0.2, -0.15) is 0 Å². The fourth-order valence-corrected chi connectivity index (χ4v) is 1.74. The summed E-state index contributed by atoms with van der Waals surface area (Å²) < 4.78 is 9.72. The van der Waals surface area contributed by atoms with E-state index in [0.717, 1.165) is 26.1 Å². The van der Waals surface area contributed by atoms with Gasteiger partial charge >= 0.3 is 6.09 Å². The summed E-state index contributed by atoms with van der Waals surface area (Å²) >= 11 is 0. The van der Waals surface area contributed by atoms with Gasteiger partial charge in [-0.3, -0.25) is 4.90 Å². The summed E-state index contributed by atoms with van der Waals surface area (Å²) in [6.45, 7) is 3.68. The van der Waals surface area contributed by atoms with Crippen LogP contribution in [0, 0.1) is 0 Å². The highest BCUT2D eigenvalue weighted by Gasteiger charge is 2.23. The Bertz CT molecular complexity index is 213. The fourth-order valence-electron chi connectivity index (χ4n) is 1.74. The van der Waals surface area contributed by atoms with Crippen molar-refractivity contribution in [2.45, 2.75) is 12.5 Å². The summed E-state index contributed by atoms with van der Waals surface area (Å²) in [6.07, 6.45) is 0.568. The SMILES string of the molecule is COC(=O)NC1CCN(CCOCCO)C1. The van der Waals surface area contributed by atoms with Crippen molar-refractivity contribution < 1.29 is 19.4 Å². The van der Waals surface area contributed by atoms with Crippen molar-refractivity contribution in [1.82, 2.24) is 10.2 Å². The molecule has 1 atom stereocenters. The summed E-state index contributed by atoms with van der Waals surface area (Å²) in [7, 11) is 1.37. The summed E-state index contributed by atoms with van der Waals surface area (Å²) in [5, 5.41) is 11.3. The number of aliphatic hydroxyl groups excluding tert-OH is 1. The number of ether oxygens (including phenoxy) is 2. The van der Waals surface area contributed by atoms with E-state index < -0.39 is 0 Å². The average Bonchev–Trinajstić information content (AvgIpc) is 2.72. The lowest BCUT2D eigenvalue weighted by atomic mass is 10.3. The third-order valence-corrected chi connectivity index (χ3v) is 2.57. The van der Waals surface area contributed by atoms with Gasteiger partial charge in [-0.1, -0.05) is 0 Å². The number of nitrogens with one attached hydrogen (secondary N) is 1. The number of hydrogen-bond donors (Lipinski definition) is 2. The summed E-state index contributed by atoms with van der Waals surface area (Å²) in [4.78, 5) is 13.2. The molecule has 1 aliphatic rings. The number of amides is 1. The third kappa shape index (κ3) is 4.78. The van der Waals surface area contributed by atoms with Crippen LogP contribution >= 0.6 is 0 Å². The number of rotatable bonds is 6. The Kier molecular flexibility index (Phi) is 6.14. The molecule has 0 aliphatic carbocycles. The van der Waals surface area contributed by atoms with Gasteiger partial charge in [0.05, 0.1) is 26.9 Å². The third-order valence-electron chi connectivity index (χ3n) is 2.57. The smallest absolute Gasteiger partial charge is 0.407 e. The van der Waals surface area contributed by atoms with Gasteiger partial charge in [0.15, 0.2) is 0 Å². The van der Waals surface area contributed by atoms with Crippen LogP contribution in [0.3, 0.4) is 0 Å². The fraction of sp³-hybridized carbons (Fsp3) is 0.900. The zero-order valence-electron chi connectivity index (χ0n) is 9.65. The van der Waals surface area contributed by atoms with Gasteiger partial charge < -0.3 is 19.9 Å². The van der Waals surface area contributed by atoms with Crippen LogP contribution in [0.15, 0.2) is 0 Å². The highest BCUT2D eigenvalue weighted by molar-refractivity contribution is 5.67. The van der Waals surface area contributed by atoms with Crippen molar-refractivity contribution in [3.8, 4) is 0 Å². The molecule has 6 heteroatoms. The Labute approximate surface area is 95.5 Å². The predicted molar refractivity (Wildman–Crippen MR) is 58.3 cm³/mol. The Morgan fingerprint density at radius 1 is 1.56 bits per heavy atom. The molecule has 1 aliphatic heterocycles. The van der Waals surface area contributed by atoms with Crippen LogP contribution in [0.1, 0.15) is 6.42 Å². The first-order valence-corrected chi connectivity index (χ1v) is 5.51. The van der Waals surface area contributed by atoms with Crippen LogP contribution in [0.2, 0.25) is 0 Å². The largest absolute Gasteiger partial charge is 0.453 e. The van der Waals surface area contributed by atoms with Crippen molar-refractivity contribution >= 4 is 6.09 Å². The van der Waals surface area contributed by atoms with Gasteiger partial charge in [0.25, 0.3) is 0 Å². The van der Waals surface area contributed by atoms with E-state index in [9.17, 15) is 4.79 Å². The van der Waals surface area contributed by atoms with Crippen LogP contribution in [0.5, 0.6) is 0 Å². The van der Waals surface area contributed by atoms with E-state index in [-0.39, 0.29) is 18.7 Å². The maximum atomic E-state index is 11.0. The normalized spacial score (nSPS) is 21.0. The molecule has 0 bridgehead atoms. The van der Waals surface area contributed by atoms with Crippen molar-refractivity contribution in [2.75, 3.05) is 46.6 Å². The zero-order valence-corrected chi connectivity index (χ0v) is 9.65. The Morgan fingerprint density at radius 3 is 3.06 bits per heavy atom. The van der Waals surface area contributed by atoms with Gasteiger partial charge in [-0.25, -0.2) is 4.79 Å². The number of alkyl carbamates (subject to hydrolysis) is 1. The molecule has 2 N–H and O–H groups in total. The van der Waals surface area contributed by atoms with E-state index in [0.29, 0.717) is 13.2 Å². The molecule has 0 radical (unpaired) electrons. The minimum Gasteiger partial charge on any atom is -0.453 e. The topological polar surface area (TPSA) is 71.0 Å². The van der Waals surface area contributed by atoms with Crippen LogP contribution in [0.25, 0.3) is 0 Å². The number of nitrogens with zero attached hydrogens (tertiary/aromatic N) is 1. The van der Waals surface area contributed by atoms with Crippen molar-refractivity contribution in [2.24, 2.45) is 0 Å². The summed E-state index contributed by atoms with van der Waals surface area (Å²) in [6, 6.07) is 0.172. The number of methoxy groups -OCH3 is 1. The van der Waals surface area contributed by atoms with Gasteiger partial charge in [-0.15, -0.1) is 0 Å². The first-order valence-electron chi connectivity index (χ1n) is 5.51. The molecule has 1 fully saturated rings. The molecule has 0 aromatic carbocycles. The number of hydrogen-bond acceptors (Lipinski definition) is 5. The van der Waals surface area contributed by atoms with Crippen LogP contribution in [-0.2, 0) is 9.47 Å². The highest BCUT2D eigenvalue weighted by atomic mass is 16.5. The number of likely N-dealkylation sites (tertiary alicyclic amines) is 1. The zero-order chi connectivity index (χ0) is 11.8. The minimum atomic E-state index is -0.372. The molecule has 94 valence electrons. The molecule has 0 aromatic heterocycles. The molecular weight excluding hydrogens is 212 g/mol. The lowest BCUT2D eigenvalue weighted by Crippen LogP contribution is -2.37. The maximum Gasteiger partial charge on any atom is 0.407 e. The van der Waals surface area contributed by atoms with Gasteiger partial charge in [0, 0.05) is 25.7 Å². The first-order chi connectivity index (χ1) is 7.76. The summed E-state index contributed by atoms with van der Waals surface area (Å²) in [5.74, 6) is 0. The minimum absolute atomic E-state index is 0.0620. The Morgan fingerprint density at radius 2 is 2.38 bits per heavy atom. The van der Waals surface area contributed by atoms with E-state index in [1.807, 2.05) is 0 Å². The number of aliphatic hydroxyl groups is 1. The molecule has 1 saturated heterocycles. The van der Waals surface area contributed by atoms with E-state index >= 15 is 0 Å². The second-order valence-corrected chi connectivity index (χ2v) is 3.76. The Balaban J connectivity index is 2.07. The Hall–Kier alpha value is -0.850. The quantitative estimate of drug-likeness (QED) is 0.600. The van der Waals surface area contributed by atoms with E-state index in [1.54, 1.807) is 0 Å². The van der Waals surface area contributed by atoms with Crippen LogP contribution in [0.4, 0.5) is 4.79 Å². The monoisotopic (exact) mass is 232 g/mol. The van der Waals surface area contributed by atoms with Crippen molar-refractivity contribution in [1.29, 1.82) is 0 Å². The van der Waals surface area contributed by atoms with E-state index in [1.165, 1.54) is 7.11 Å². The molecular formula is C10H20N2O4. The average molecular weight is 232 g/mol. The van der Waals surface area contributed by atoms with Crippen LogP contribution in [-0.4, -0.2) is 68.7 Å². The van der Waals surface area contributed by atoms with Crippen LogP contribution < -0.4 is 5.32 Å². The molecule has 1 rings (SSSR count). The maximum absolute atomic E-state index is 11.0. The molecule has 6 nitrogen and oxygen atoms in total. The molecule has 1 heterocycles. The number of carbonyl (C=O) groups excluding carboxylic acids is 1. The van der Waals surface area contributed by atoms with E-state index in [2.05, 4.69) is 15.0 Å². The van der Waals surface area contributed by atoms with Gasteiger partial charge in [0.2, 0.25) is 0 Å². The van der Waals surface area contributed by atoms with Crippen molar-refractivity contribution in [3.63, 3.8) is 0 Å². The molecule has 1 unspecified atom stereocenters. The van der Waals surface area contributed by atoms with Crippen molar-refractivity contribution in [3.05, 3.63) is 0 Å². The second-order valence-electron chi connectivity index (χ2n) is 3.76. The first kappa shape index (κ1) is 13.2. The lowest BCUT2D eigenvalue weighted by Gasteiger charge is -2.16. The molecule has 1 amide bonds. The van der Waals surface area contributed by atoms with Gasteiger partial charge in [0.1, 0.15) is 0 Å². The molecule has 16 heavy (non-hydrogen) atoms. The lowest BCUT2D eigenvalue weighted by molar-refractivity contribution is 0.0777. The van der Waals surface area contributed by atoms with E-state index in [4.69, 9.17) is 9.84 Å². The molecule has 0 aromatic rings.